The number of aliphatic hydroxyl groups excluding tert-OH is 6. The van der Waals surface area contributed by atoms with E-state index in [9.17, 15) is 30.6 Å². The molecule has 12 heteroatoms. The molecule has 0 aromatic rings. The van der Waals surface area contributed by atoms with Crippen LogP contribution in [0.1, 0.15) is 13.3 Å². The van der Waals surface area contributed by atoms with Gasteiger partial charge in [-0.2, -0.15) is 0 Å². The molecule has 0 amide bonds. The van der Waals surface area contributed by atoms with Crippen molar-refractivity contribution in [2.45, 2.75) is 74.7 Å². The molecule has 0 aromatic heterocycles. The van der Waals surface area contributed by atoms with Crippen LogP contribution in [0.5, 0.6) is 0 Å². The van der Waals surface area contributed by atoms with E-state index in [1.54, 1.807) is 6.92 Å². The Balaban J connectivity index is 2.12. The molecule has 0 aromatic carbocycles. The van der Waals surface area contributed by atoms with Gasteiger partial charge in [0.15, 0.2) is 12.6 Å². The zero-order valence-corrected chi connectivity index (χ0v) is 13.4. The minimum absolute atomic E-state index is 0.319. The highest BCUT2D eigenvalue weighted by atomic mass is 16.8. The average Bonchev–Trinajstić information content (AvgIpc) is 2.61. The molecule has 2 fully saturated rings. The van der Waals surface area contributed by atoms with Gasteiger partial charge in [0.25, 0.3) is 0 Å². The Bertz CT molecular complexity index is 487. The van der Waals surface area contributed by atoms with Crippen LogP contribution in [0, 0.1) is 0 Å². The molecule has 2 aliphatic heterocycles. The zero-order chi connectivity index (χ0) is 18.7. The van der Waals surface area contributed by atoms with Gasteiger partial charge < -0.3 is 44.8 Å². The fourth-order valence-corrected chi connectivity index (χ4v) is 2.88. The summed E-state index contributed by atoms with van der Waals surface area (Å²) in [6, 6.07) is -1.24. The van der Waals surface area contributed by atoms with Crippen LogP contribution < -0.4 is 0 Å². The van der Waals surface area contributed by atoms with Gasteiger partial charge in [0.2, 0.25) is 0 Å². The number of aliphatic hydroxyl groups is 6. The van der Waals surface area contributed by atoms with Crippen molar-refractivity contribution in [3.63, 3.8) is 0 Å². The summed E-state index contributed by atoms with van der Waals surface area (Å²) in [4.78, 5) is 2.53. The maximum atomic E-state index is 10.1. The molecule has 0 saturated carbocycles. The Kier molecular flexibility index (Phi) is 6.93. The van der Waals surface area contributed by atoms with Gasteiger partial charge in [-0.1, -0.05) is 12.0 Å². The quantitative estimate of drug-likeness (QED) is 0.171. The van der Waals surface area contributed by atoms with Crippen molar-refractivity contribution in [3.8, 4) is 0 Å². The first-order valence-electron chi connectivity index (χ1n) is 7.87. The minimum Gasteiger partial charge on any atom is -0.394 e. The highest BCUT2D eigenvalue weighted by molar-refractivity contribution is 4.95. The van der Waals surface area contributed by atoms with Crippen LogP contribution in [-0.2, 0) is 14.2 Å². The predicted molar refractivity (Wildman–Crippen MR) is 78.8 cm³/mol. The standard InChI is InChI=1S/C13H23N3O9/c1-2-4-7(18)9(20)11(22)13(23-4)25-12-10(21)8(19)6(15-16-14)5(3-17)24-12/h4-13,17-22H,2-3H2,1H3/t4?,5?,6-,7-,8+,9?,10?,11-,12-,13-/m1/s1. The fourth-order valence-electron chi connectivity index (χ4n) is 2.88. The molecule has 0 bridgehead atoms. The molecular weight excluding hydrogens is 342 g/mol. The van der Waals surface area contributed by atoms with E-state index in [1.807, 2.05) is 0 Å². The van der Waals surface area contributed by atoms with Crippen molar-refractivity contribution in [2.24, 2.45) is 5.11 Å². The van der Waals surface area contributed by atoms with Crippen LogP contribution in [0.25, 0.3) is 10.4 Å². The Hall–Kier alpha value is -1.05. The summed E-state index contributed by atoms with van der Waals surface area (Å²) in [5.74, 6) is 0. The third-order valence-corrected chi connectivity index (χ3v) is 4.37. The second-order valence-corrected chi connectivity index (χ2v) is 5.96. The third-order valence-electron chi connectivity index (χ3n) is 4.37. The Labute approximate surface area is 142 Å². The minimum atomic E-state index is -1.67. The molecule has 2 aliphatic rings. The van der Waals surface area contributed by atoms with Crippen LogP contribution >= 0.6 is 0 Å². The van der Waals surface area contributed by atoms with E-state index in [-0.39, 0.29) is 0 Å². The van der Waals surface area contributed by atoms with Crippen molar-refractivity contribution in [1.82, 2.24) is 0 Å². The largest absolute Gasteiger partial charge is 0.394 e. The molecule has 25 heavy (non-hydrogen) atoms. The number of hydrogen-bond acceptors (Lipinski definition) is 10. The summed E-state index contributed by atoms with van der Waals surface area (Å²) in [6.45, 7) is 1.07. The summed E-state index contributed by atoms with van der Waals surface area (Å²) in [7, 11) is 0. The molecule has 4 unspecified atom stereocenters. The van der Waals surface area contributed by atoms with Gasteiger partial charge in [0.05, 0.1) is 31.0 Å². The lowest BCUT2D eigenvalue weighted by Gasteiger charge is -2.45. The second kappa shape index (κ2) is 8.56. The molecule has 12 nitrogen and oxygen atoms in total. The van der Waals surface area contributed by atoms with Gasteiger partial charge in [0.1, 0.15) is 24.4 Å². The van der Waals surface area contributed by atoms with E-state index in [0.717, 1.165) is 0 Å². The lowest BCUT2D eigenvalue weighted by Crippen LogP contribution is -2.63. The molecule has 2 heterocycles. The Morgan fingerprint density at radius 3 is 2.00 bits per heavy atom. The summed E-state index contributed by atoms with van der Waals surface area (Å²) in [6.07, 6.45) is -12.4. The van der Waals surface area contributed by atoms with Crippen molar-refractivity contribution in [3.05, 3.63) is 10.4 Å². The molecule has 2 rings (SSSR count). The number of rotatable bonds is 5. The van der Waals surface area contributed by atoms with Crippen LogP contribution in [0.3, 0.4) is 0 Å². The van der Waals surface area contributed by atoms with Gasteiger partial charge in [-0.25, -0.2) is 0 Å². The first kappa shape index (κ1) is 20.3. The maximum Gasteiger partial charge on any atom is 0.189 e. The smallest absolute Gasteiger partial charge is 0.189 e. The fraction of sp³-hybridized carbons (Fsp3) is 1.00. The third kappa shape index (κ3) is 4.04. The van der Waals surface area contributed by atoms with Gasteiger partial charge in [-0.15, -0.1) is 0 Å². The monoisotopic (exact) mass is 365 g/mol. The van der Waals surface area contributed by atoms with Gasteiger partial charge in [-0.3, -0.25) is 0 Å². The lowest BCUT2D eigenvalue weighted by atomic mass is 9.96. The molecular formula is C13H23N3O9. The molecule has 0 spiro atoms. The SMILES string of the molecule is CCC1O[C@H](O[C@H]2OC(CO)[C@@H](N=[N+]=[N-])[C@H](O)C2O)[C@H](O)C(O)[C@@H]1O. The van der Waals surface area contributed by atoms with E-state index in [1.165, 1.54) is 0 Å². The van der Waals surface area contributed by atoms with Crippen LogP contribution in [-0.4, -0.2) is 98.6 Å². The molecule has 0 radical (unpaired) electrons. The van der Waals surface area contributed by atoms with Crippen molar-refractivity contribution in [1.29, 1.82) is 0 Å². The maximum absolute atomic E-state index is 10.1. The number of azide groups is 1. The highest BCUT2D eigenvalue weighted by Gasteiger charge is 2.49. The number of nitrogens with zero attached hydrogens (tertiary/aromatic N) is 3. The molecule has 6 N–H and O–H groups in total. The summed E-state index contributed by atoms with van der Waals surface area (Å²) >= 11 is 0. The van der Waals surface area contributed by atoms with Crippen LogP contribution in [0.4, 0.5) is 0 Å². The van der Waals surface area contributed by atoms with Gasteiger partial charge in [0, 0.05) is 4.91 Å². The van der Waals surface area contributed by atoms with E-state index < -0.39 is 68.0 Å². The Morgan fingerprint density at radius 1 is 0.920 bits per heavy atom. The van der Waals surface area contributed by atoms with Crippen LogP contribution in [0.15, 0.2) is 5.11 Å². The van der Waals surface area contributed by atoms with Gasteiger partial charge >= 0.3 is 0 Å². The van der Waals surface area contributed by atoms with E-state index >= 15 is 0 Å². The molecule has 0 aliphatic carbocycles. The zero-order valence-electron chi connectivity index (χ0n) is 13.4. The first-order chi connectivity index (χ1) is 11.8. The summed E-state index contributed by atoms with van der Waals surface area (Å²) in [5, 5.41) is 62.4. The normalized spacial score (nSPS) is 48.0. The summed E-state index contributed by atoms with van der Waals surface area (Å²) < 4.78 is 16.0. The summed E-state index contributed by atoms with van der Waals surface area (Å²) in [5.41, 5.74) is 8.50. The van der Waals surface area contributed by atoms with E-state index in [2.05, 4.69) is 10.0 Å². The highest BCUT2D eigenvalue weighted by Crippen LogP contribution is 2.29. The van der Waals surface area contributed by atoms with Crippen molar-refractivity contribution >= 4 is 0 Å². The van der Waals surface area contributed by atoms with E-state index in [0.29, 0.717) is 6.42 Å². The molecule has 2 saturated heterocycles. The van der Waals surface area contributed by atoms with Crippen LogP contribution in [0.2, 0.25) is 0 Å². The predicted octanol–water partition coefficient (Wildman–Crippen LogP) is -2.66. The molecule has 10 atom stereocenters. The first-order valence-corrected chi connectivity index (χ1v) is 7.87. The molecule has 144 valence electrons. The number of hydrogen-bond donors (Lipinski definition) is 6. The van der Waals surface area contributed by atoms with Crippen molar-refractivity contribution in [2.75, 3.05) is 6.61 Å². The Morgan fingerprint density at radius 2 is 1.48 bits per heavy atom. The average molecular weight is 365 g/mol. The number of ether oxygens (including phenoxy) is 3. The van der Waals surface area contributed by atoms with Crippen molar-refractivity contribution < 1.29 is 44.8 Å². The van der Waals surface area contributed by atoms with Gasteiger partial charge in [-0.05, 0) is 12.0 Å². The lowest BCUT2D eigenvalue weighted by molar-refractivity contribution is -0.367. The topological polar surface area (TPSA) is 198 Å². The van der Waals surface area contributed by atoms with E-state index in [4.69, 9.17) is 19.7 Å². The second-order valence-electron chi connectivity index (χ2n) is 5.96.